The van der Waals surface area contributed by atoms with Gasteiger partial charge < -0.3 is 9.15 Å². The van der Waals surface area contributed by atoms with E-state index in [2.05, 4.69) is 18.7 Å². The van der Waals surface area contributed by atoms with Crippen LogP contribution in [-0.4, -0.2) is 37.1 Å². The molecule has 0 aliphatic rings. The molecule has 0 saturated carbocycles. The van der Waals surface area contributed by atoms with Crippen molar-refractivity contribution in [2.75, 3.05) is 26.2 Å². The highest BCUT2D eigenvalue weighted by atomic mass is 16.5. The Kier molecular flexibility index (Phi) is 7.98. The Morgan fingerprint density at radius 2 is 1.89 bits per heavy atom. The smallest absolute Gasteiger partial charge is 0.374 e. The first-order valence-electron chi connectivity index (χ1n) is 7.20. The maximum absolute atomic E-state index is 11.6. The number of unbranched alkanes of at least 4 members (excludes halogenated alkanes) is 2. The van der Waals surface area contributed by atoms with Crippen LogP contribution in [0.1, 0.15) is 50.1 Å². The summed E-state index contributed by atoms with van der Waals surface area (Å²) in [7, 11) is 0. The second-order valence-corrected chi connectivity index (χ2v) is 4.66. The molecule has 1 aromatic rings. The number of furan rings is 1. The Morgan fingerprint density at radius 1 is 1.21 bits per heavy atom. The van der Waals surface area contributed by atoms with E-state index in [9.17, 15) is 4.79 Å². The van der Waals surface area contributed by atoms with Gasteiger partial charge in [0.1, 0.15) is 6.61 Å². The SMILES string of the molecule is CCCCN(CCCC)CCOC(=O)c1ccco1. The lowest BCUT2D eigenvalue weighted by atomic mass is 10.2. The van der Waals surface area contributed by atoms with Crippen molar-refractivity contribution in [2.24, 2.45) is 0 Å². The zero-order valence-electron chi connectivity index (χ0n) is 12.1. The lowest BCUT2D eigenvalue weighted by Gasteiger charge is -2.21. The van der Waals surface area contributed by atoms with Crippen molar-refractivity contribution in [2.45, 2.75) is 39.5 Å². The second kappa shape index (κ2) is 9.62. The average molecular weight is 267 g/mol. The lowest BCUT2D eigenvalue weighted by molar-refractivity contribution is 0.0425. The quantitative estimate of drug-likeness (QED) is 0.610. The molecule has 0 unspecified atom stereocenters. The van der Waals surface area contributed by atoms with Crippen molar-refractivity contribution in [3.05, 3.63) is 24.2 Å². The van der Waals surface area contributed by atoms with E-state index in [1.54, 1.807) is 12.1 Å². The first-order chi connectivity index (χ1) is 9.27. The summed E-state index contributed by atoms with van der Waals surface area (Å²) in [6, 6.07) is 3.31. The summed E-state index contributed by atoms with van der Waals surface area (Å²) < 4.78 is 10.2. The normalized spacial score (nSPS) is 10.9. The van der Waals surface area contributed by atoms with E-state index in [-0.39, 0.29) is 11.7 Å². The van der Waals surface area contributed by atoms with Gasteiger partial charge in [-0.2, -0.15) is 0 Å². The van der Waals surface area contributed by atoms with Gasteiger partial charge in [-0.3, -0.25) is 4.90 Å². The molecule has 0 aliphatic heterocycles. The fourth-order valence-corrected chi connectivity index (χ4v) is 1.83. The summed E-state index contributed by atoms with van der Waals surface area (Å²) in [5, 5.41) is 0. The summed E-state index contributed by atoms with van der Waals surface area (Å²) in [6.07, 6.45) is 6.24. The number of rotatable bonds is 10. The zero-order valence-corrected chi connectivity index (χ0v) is 12.1. The second-order valence-electron chi connectivity index (χ2n) is 4.66. The van der Waals surface area contributed by atoms with Crippen LogP contribution in [0.15, 0.2) is 22.8 Å². The minimum atomic E-state index is -0.379. The van der Waals surface area contributed by atoms with Gasteiger partial charge in [-0.1, -0.05) is 26.7 Å². The predicted molar refractivity (Wildman–Crippen MR) is 75.2 cm³/mol. The van der Waals surface area contributed by atoms with Crippen LogP contribution in [0.3, 0.4) is 0 Å². The Morgan fingerprint density at radius 3 is 2.42 bits per heavy atom. The molecule has 0 amide bonds. The highest BCUT2D eigenvalue weighted by molar-refractivity contribution is 5.86. The fraction of sp³-hybridized carbons (Fsp3) is 0.667. The van der Waals surface area contributed by atoms with Gasteiger partial charge in [0, 0.05) is 6.54 Å². The average Bonchev–Trinajstić information content (AvgIpc) is 2.95. The number of hydrogen-bond acceptors (Lipinski definition) is 4. The Balaban J connectivity index is 2.24. The standard InChI is InChI=1S/C15H25NO3/c1-3-5-9-16(10-6-4-2)11-13-19-15(17)14-8-7-12-18-14/h7-8,12H,3-6,9-11,13H2,1-2H3. The third kappa shape index (κ3) is 6.43. The number of esters is 1. The molecule has 0 bridgehead atoms. The number of carbonyl (C=O) groups excluding carboxylic acids is 1. The lowest BCUT2D eigenvalue weighted by Crippen LogP contribution is -2.30. The van der Waals surface area contributed by atoms with Crippen LogP contribution >= 0.6 is 0 Å². The van der Waals surface area contributed by atoms with E-state index in [0.29, 0.717) is 6.61 Å². The molecule has 4 nitrogen and oxygen atoms in total. The predicted octanol–water partition coefficient (Wildman–Crippen LogP) is 3.34. The van der Waals surface area contributed by atoms with Crippen LogP contribution in [0.25, 0.3) is 0 Å². The molecule has 108 valence electrons. The molecule has 4 heteroatoms. The maximum atomic E-state index is 11.6. The summed E-state index contributed by atoms with van der Waals surface area (Å²) in [4.78, 5) is 13.9. The van der Waals surface area contributed by atoms with Crippen molar-refractivity contribution < 1.29 is 13.9 Å². The molecule has 0 spiro atoms. The molecule has 0 aliphatic carbocycles. The molecular weight excluding hydrogens is 242 g/mol. The van der Waals surface area contributed by atoms with E-state index in [0.717, 1.165) is 19.6 Å². The van der Waals surface area contributed by atoms with Crippen LogP contribution in [0.5, 0.6) is 0 Å². The Hall–Kier alpha value is -1.29. The van der Waals surface area contributed by atoms with Gasteiger partial charge in [-0.05, 0) is 38.1 Å². The van der Waals surface area contributed by atoms with Crippen LogP contribution in [0, 0.1) is 0 Å². The van der Waals surface area contributed by atoms with Crippen molar-refractivity contribution >= 4 is 5.97 Å². The van der Waals surface area contributed by atoms with E-state index in [1.165, 1.54) is 31.9 Å². The summed E-state index contributed by atoms with van der Waals surface area (Å²) in [5.74, 6) is -0.107. The molecule has 0 aromatic carbocycles. The minimum absolute atomic E-state index is 0.272. The number of carbonyl (C=O) groups is 1. The highest BCUT2D eigenvalue weighted by Gasteiger charge is 2.10. The van der Waals surface area contributed by atoms with Gasteiger partial charge in [0.05, 0.1) is 6.26 Å². The van der Waals surface area contributed by atoms with Crippen LogP contribution in [0.2, 0.25) is 0 Å². The Labute approximate surface area is 115 Å². The van der Waals surface area contributed by atoms with Crippen molar-refractivity contribution in [3.63, 3.8) is 0 Å². The summed E-state index contributed by atoms with van der Waals surface area (Å²) in [5.41, 5.74) is 0. The van der Waals surface area contributed by atoms with Gasteiger partial charge in [0.15, 0.2) is 0 Å². The van der Waals surface area contributed by atoms with Gasteiger partial charge in [0.2, 0.25) is 5.76 Å². The molecule has 0 fully saturated rings. The molecule has 1 heterocycles. The van der Waals surface area contributed by atoms with Crippen molar-refractivity contribution in [1.29, 1.82) is 0 Å². The molecule has 0 radical (unpaired) electrons. The third-order valence-corrected chi connectivity index (χ3v) is 3.02. The maximum Gasteiger partial charge on any atom is 0.374 e. The topological polar surface area (TPSA) is 42.7 Å². The summed E-state index contributed by atoms with van der Waals surface area (Å²) in [6.45, 7) is 7.76. The van der Waals surface area contributed by atoms with E-state index < -0.39 is 0 Å². The monoisotopic (exact) mass is 267 g/mol. The first-order valence-corrected chi connectivity index (χ1v) is 7.20. The minimum Gasteiger partial charge on any atom is -0.458 e. The van der Waals surface area contributed by atoms with Crippen molar-refractivity contribution in [1.82, 2.24) is 4.90 Å². The first kappa shape index (κ1) is 15.8. The number of nitrogens with zero attached hydrogens (tertiary/aromatic N) is 1. The van der Waals surface area contributed by atoms with Gasteiger partial charge in [-0.15, -0.1) is 0 Å². The Bertz CT molecular complexity index is 327. The van der Waals surface area contributed by atoms with Gasteiger partial charge in [0.25, 0.3) is 0 Å². The molecule has 0 N–H and O–H groups in total. The highest BCUT2D eigenvalue weighted by Crippen LogP contribution is 2.03. The van der Waals surface area contributed by atoms with Crippen LogP contribution < -0.4 is 0 Å². The van der Waals surface area contributed by atoms with E-state index >= 15 is 0 Å². The van der Waals surface area contributed by atoms with E-state index in [4.69, 9.17) is 9.15 Å². The molecule has 0 atom stereocenters. The largest absolute Gasteiger partial charge is 0.458 e. The number of hydrogen-bond donors (Lipinski definition) is 0. The third-order valence-electron chi connectivity index (χ3n) is 3.02. The molecular formula is C15H25NO3. The zero-order chi connectivity index (χ0) is 13.9. The van der Waals surface area contributed by atoms with Crippen molar-refractivity contribution in [3.8, 4) is 0 Å². The molecule has 1 aromatic heterocycles. The molecule has 19 heavy (non-hydrogen) atoms. The molecule has 1 rings (SSSR count). The summed E-state index contributed by atoms with van der Waals surface area (Å²) >= 11 is 0. The van der Waals surface area contributed by atoms with Gasteiger partial charge >= 0.3 is 5.97 Å². The van der Waals surface area contributed by atoms with Gasteiger partial charge in [-0.25, -0.2) is 4.79 Å². The molecule has 0 saturated heterocycles. The van der Waals surface area contributed by atoms with Crippen LogP contribution in [0.4, 0.5) is 0 Å². The van der Waals surface area contributed by atoms with Crippen LogP contribution in [-0.2, 0) is 4.74 Å². The fourth-order valence-electron chi connectivity index (χ4n) is 1.83. The number of ether oxygens (including phenoxy) is 1. The van der Waals surface area contributed by atoms with E-state index in [1.807, 2.05) is 0 Å².